The van der Waals surface area contributed by atoms with Crippen LogP contribution in [0, 0.1) is 0 Å². The van der Waals surface area contributed by atoms with E-state index in [1.807, 2.05) is 24.3 Å². The summed E-state index contributed by atoms with van der Waals surface area (Å²) >= 11 is 0. The minimum Gasteiger partial charge on any atom is -0.455 e. The second-order valence-electron chi connectivity index (χ2n) is 26.3. The fraction of sp³-hybridized carbons (Fsp3) is 0. The van der Waals surface area contributed by atoms with Crippen molar-refractivity contribution in [3.63, 3.8) is 0 Å². The number of hydrogen-bond acceptors (Lipinski definition) is 4. The molecule has 0 saturated heterocycles. The standard InChI is InChI=1S/C98H64N2O2/c1-2-19-82(20-3-1)99(84-57-49-72(50-58-84)88-24-13-26-92-90-22-7-10-29-95(90)101-97(88)92)83-53-45-68(46-54-83)66-33-37-71(38-34-66)77-41-42-80-63-78(43-44-79(80)62-77)75-17-12-18-81(64-75)87-21-6-9-28-94(87)100(86-59-51-73(52-60-86)89-25-14-27-93-91-23-8-11-30-96(91)102-98(89)93)85-55-47-69(48-56-85)67-31-35-70(36-32-67)76-40-39-65-15-4-5-16-74(65)61-76/h1-64H. The van der Waals surface area contributed by atoms with Gasteiger partial charge in [-0.25, -0.2) is 0 Å². The average molecular weight is 1300 g/mol. The number of para-hydroxylation sites is 6. The normalized spacial score (nSPS) is 11.5. The van der Waals surface area contributed by atoms with E-state index in [-0.39, 0.29) is 0 Å². The van der Waals surface area contributed by atoms with Crippen molar-refractivity contribution in [1.82, 2.24) is 0 Å². The molecular formula is C98H64N2O2. The molecule has 0 unspecified atom stereocenters. The van der Waals surface area contributed by atoms with Crippen molar-refractivity contribution < 1.29 is 8.83 Å². The molecular weight excluding hydrogens is 1240 g/mol. The lowest BCUT2D eigenvalue weighted by Crippen LogP contribution is -2.11. The Morgan fingerprint density at radius 2 is 0.480 bits per heavy atom. The Kier molecular flexibility index (Phi) is 14.9. The predicted molar refractivity (Wildman–Crippen MR) is 429 cm³/mol. The van der Waals surface area contributed by atoms with Crippen LogP contribution in [0.15, 0.2) is 397 Å². The van der Waals surface area contributed by atoms with E-state index in [4.69, 9.17) is 8.83 Å². The molecule has 0 atom stereocenters. The van der Waals surface area contributed by atoms with Crippen molar-refractivity contribution in [1.29, 1.82) is 0 Å². The SMILES string of the molecule is c1ccc(N(c2ccc(-c3ccc(-c4ccc5cc(-c6cccc(-c7ccccc7N(c7ccc(-c8ccc(-c9ccc%10ccccc%10c9)cc8)cc7)c7ccc(-c8cccc9c8oc8ccccc89)cc7)c6)ccc5c4)cc3)cc2)c2ccc(-c3cccc4c3oc3ccccc34)cc2)cc1. The molecule has 2 heterocycles. The third kappa shape index (κ3) is 11.0. The average Bonchev–Trinajstić information content (AvgIpc) is 1.55. The van der Waals surface area contributed by atoms with Gasteiger partial charge in [-0.05, 0) is 197 Å². The molecule has 0 radical (unpaired) electrons. The molecule has 0 fully saturated rings. The second-order valence-corrected chi connectivity index (χ2v) is 26.3. The number of rotatable bonds is 14. The van der Waals surface area contributed by atoms with Gasteiger partial charge in [-0.1, -0.05) is 285 Å². The first-order chi connectivity index (χ1) is 50.5. The molecule has 4 heteroatoms. The summed E-state index contributed by atoms with van der Waals surface area (Å²) in [7, 11) is 0. The summed E-state index contributed by atoms with van der Waals surface area (Å²) in [4.78, 5) is 4.71. The first-order valence-electron chi connectivity index (χ1n) is 34.8. The van der Waals surface area contributed by atoms with Crippen LogP contribution in [0.5, 0.6) is 0 Å². The maximum atomic E-state index is 6.54. The van der Waals surface area contributed by atoms with Crippen molar-refractivity contribution in [2.75, 3.05) is 9.80 Å². The summed E-state index contributed by atoms with van der Waals surface area (Å²) in [6.07, 6.45) is 0. The van der Waals surface area contributed by atoms with Crippen LogP contribution in [0.3, 0.4) is 0 Å². The maximum absolute atomic E-state index is 6.54. The van der Waals surface area contributed by atoms with Gasteiger partial charge in [-0.2, -0.15) is 0 Å². The molecule has 0 aliphatic carbocycles. The third-order valence-electron chi connectivity index (χ3n) is 20.3. The molecule has 0 amide bonds. The van der Waals surface area contributed by atoms with Gasteiger partial charge in [-0.15, -0.1) is 0 Å². The van der Waals surface area contributed by atoms with Gasteiger partial charge >= 0.3 is 0 Å². The van der Waals surface area contributed by atoms with E-state index in [1.54, 1.807) is 0 Å². The minimum atomic E-state index is 0.891. The first-order valence-corrected chi connectivity index (χ1v) is 34.8. The first kappa shape index (κ1) is 59.7. The van der Waals surface area contributed by atoms with Gasteiger partial charge < -0.3 is 18.6 Å². The molecule has 0 N–H and O–H groups in total. The fourth-order valence-corrected chi connectivity index (χ4v) is 15.0. The summed E-state index contributed by atoms with van der Waals surface area (Å²) in [5, 5.41) is 9.37. The lowest BCUT2D eigenvalue weighted by atomic mass is 9.94. The van der Waals surface area contributed by atoms with Gasteiger partial charge in [0, 0.05) is 66.7 Å². The van der Waals surface area contributed by atoms with Gasteiger partial charge in [0.2, 0.25) is 0 Å². The van der Waals surface area contributed by atoms with Crippen molar-refractivity contribution >= 4 is 99.5 Å². The zero-order valence-electron chi connectivity index (χ0n) is 55.7. The smallest absolute Gasteiger partial charge is 0.143 e. The molecule has 0 spiro atoms. The Hall–Kier alpha value is -13.5. The molecule has 19 aromatic rings. The molecule has 4 nitrogen and oxygen atoms in total. The van der Waals surface area contributed by atoms with Gasteiger partial charge in [0.1, 0.15) is 22.3 Å². The van der Waals surface area contributed by atoms with Crippen LogP contribution in [0.25, 0.3) is 154 Å². The van der Waals surface area contributed by atoms with E-state index in [0.717, 1.165) is 139 Å². The van der Waals surface area contributed by atoms with Crippen LogP contribution >= 0.6 is 0 Å². The summed E-state index contributed by atoms with van der Waals surface area (Å²) < 4.78 is 13.0. The molecule has 0 aliphatic heterocycles. The van der Waals surface area contributed by atoms with Crippen molar-refractivity contribution in [3.8, 4) is 89.0 Å². The van der Waals surface area contributed by atoms with Crippen molar-refractivity contribution in [3.05, 3.63) is 388 Å². The number of benzene rings is 17. The quantitative estimate of drug-likeness (QED) is 0.109. The van der Waals surface area contributed by atoms with Crippen LogP contribution < -0.4 is 9.80 Å². The van der Waals surface area contributed by atoms with E-state index in [1.165, 1.54) is 49.4 Å². The van der Waals surface area contributed by atoms with Gasteiger partial charge in [0.05, 0.1) is 5.69 Å². The molecule has 0 bridgehead atoms. The van der Waals surface area contributed by atoms with E-state index in [2.05, 4.69) is 374 Å². The monoisotopic (exact) mass is 1300 g/mol. The van der Waals surface area contributed by atoms with Crippen LogP contribution in [-0.2, 0) is 0 Å². The zero-order valence-corrected chi connectivity index (χ0v) is 55.7. The van der Waals surface area contributed by atoms with Gasteiger partial charge in [-0.3, -0.25) is 0 Å². The van der Waals surface area contributed by atoms with E-state index in [9.17, 15) is 0 Å². The summed E-state index contributed by atoms with van der Waals surface area (Å²) in [6.45, 7) is 0. The lowest BCUT2D eigenvalue weighted by Gasteiger charge is -2.28. The van der Waals surface area contributed by atoms with Crippen LogP contribution in [0.1, 0.15) is 0 Å². The zero-order chi connectivity index (χ0) is 67.5. The molecule has 0 saturated carbocycles. The third-order valence-corrected chi connectivity index (χ3v) is 20.3. The molecule has 0 aliphatic rings. The highest BCUT2D eigenvalue weighted by molar-refractivity contribution is 6.11. The molecule has 478 valence electrons. The molecule has 2 aromatic heterocycles. The van der Waals surface area contributed by atoms with E-state index < -0.39 is 0 Å². The van der Waals surface area contributed by atoms with Gasteiger partial charge in [0.15, 0.2) is 0 Å². The van der Waals surface area contributed by atoms with Crippen LogP contribution in [0.2, 0.25) is 0 Å². The topological polar surface area (TPSA) is 32.8 Å². The number of furan rings is 2. The number of fused-ring (bicyclic) bond motifs is 8. The summed E-state index contributed by atoms with van der Waals surface area (Å²) in [6, 6.07) is 140. The van der Waals surface area contributed by atoms with Crippen LogP contribution in [-0.4, -0.2) is 0 Å². The summed E-state index contributed by atoms with van der Waals surface area (Å²) in [5.41, 5.74) is 28.3. The Morgan fingerprint density at radius 3 is 0.990 bits per heavy atom. The van der Waals surface area contributed by atoms with Crippen molar-refractivity contribution in [2.45, 2.75) is 0 Å². The predicted octanol–water partition coefficient (Wildman–Crippen LogP) is 28.1. The Bertz CT molecular complexity index is 6330. The van der Waals surface area contributed by atoms with Gasteiger partial charge in [0.25, 0.3) is 0 Å². The van der Waals surface area contributed by atoms with Crippen LogP contribution in [0.4, 0.5) is 34.1 Å². The maximum Gasteiger partial charge on any atom is 0.143 e. The Labute approximate surface area is 591 Å². The largest absolute Gasteiger partial charge is 0.455 e. The highest BCUT2D eigenvalue weighted by atomic mass is 16.3. The second kappa shape index (κ2) is 25.4. The lowest BCUT2D eigenvalue weighted by molar-refractivity contribution is 0.669. The van der Waals surface area contributed by atoms with Crippen molar-refractivity contribution in [2.24, 2.45) is 0 Å². The molecule has 19 rings (SSSR count). The highest BCUT2D eigenvalue weighted by Crippen LogP contribution is 2.46. The molecule has 102 heavy (non-hydrogen) atoms. The Balaban J connectivity index is 0.590. The Morgan fingerprint density at radius 1 is 0.167 bits per heavy atom. The number of anilines is 6. The molecule has 17 aromatic carbocycles. The summed E-state index contributed by atoms with van der Waals surface area (Å²) in [5.74, 6) is 0. The number of nitrogens with zero attached hydrogens (tertiary/aromatic N) is 2. The minimum absolute atomic E-state index is 0.891. The van der Waals surface area contributed by atoms with E-state index >= 15 is 0 Å². The van der Waals surface area contributed by atoms with E-state index in [0.29, 0.717) is 0 Å². The highest BCUT2D eigenvalue weighted by Gasteiger charge is 2.21. The fourth-order valence-electron chi connectivity index (χ4n) is 15.0. The number of hydrogen-bond donors (Lipinski definition) is 0.